The number of aromatic nitrogens is 2. The van der Waals surface area contributed by atoms with Crippen LogP contribution in [0.25, 0.3) is 0 Å². The Hall–Kier alpha value is -2.66. The molecule has 0 spiro atoms. The van der Waals surface area contributed by atoms with Gasteiger partial charge in [0.25, 0.3) is 0 Å². The Kier molecular flexibility index (Phi) is 4.24. The third-order valence-corrected chi connectivity index (χ3v) is 5.44. The third-order valence-electron chi connectivity index (χ3n) is 5.12. The van der Waals surface area contributed by atoms with Crippen LogP contribution in [-0.2, 0) is 7.05 Å². The van der Waals surface area contributed by atoms with Crippen molar-refractivity contribution in [2.45, 2.75) is 25.9 Å². The number of benzene rings is 1. The minimum Gasteiger partial charge on any atom is -0.351 e. The predicted octanol–water partition coefficient (Wildman–Crippen LogP) is 4.21. The van der Waals surface area contributed by atoms with E-state index >= 15 is 0 Å². The molecule has 0 unspecified atom stereocenters. The SMILES string of the molecule is Cc1ccc(N2C(=S)N[C@@H](c3ccccn3)[C@H]2c2ccc(C)n2C)cc1. The van der Waals surface area contributed by atoms with Crippen LogP contribution in [0.4, 0.5) is 5.69 Å². The molecule has 1 fully saturated rings. The second kappa shape index (κ2) is 6.57. The maximum absolute atomic E-state index is 5.74. The van der Waals surface area contributed by atoms with Crippen LogP contribution in [0.5, 0.6) is 0 Å². The van der Waals surface area contributed by atoms with Crippen LogP contribution in [0, 0.1) is 13.8 Å². The molecule has 3 heterocycles. The molecule has 4 rings (SSSR count). The number of nitrogens with zero attached hydrogens (tertiary/aromatic N) is 3. The lowest BCUT2D eigenvalue weighted by Gasteiger charge is -2.28. The number of nitrogens with one attached hydrogen (secondary N) is 1. The van der Waals surface area contributed by atoms with Gasteiger partial charge in [-0.05, 0) is 62.5 Å². The molecule has 26 heavy (non-hydrogen) atoms. The summed E-state index contributed by atoms with van der Waals surface area (Å²) < 4.78 is 2.23. The molecule has 1 aliphatic rings. The Labute approximate surface area is 159 Å². The number of pyridine rings is 1. The van der Waals surface area contributed by atoms with Crippen LogP contribution in [0.2, 0.25) is 0 Å². The van der Waals surface area contributed by atoms with Gasteiger partial charge in [-0.3, -0.25) is 4.98 Å². The Morgan fingerprint density at radius 1 is 1.00 bits per heavy atom. The van der Waals surface area contributed by atoms with Crippen LogP contribution >= 0.6 is 12.2 Å². The van der Waals surface area contributed by atoms with Gasteiger partial charge < -0.3 is 14.8 Å². The van der Waals surface area contributed by atoms with Crippen LogP contribution in [0.15, 0.2) is 60.8 Å². The highest BCUT2D eigenvalue weighted by atomic mass is 32.1. The second-order valence-corrected chi connectivity index (χ2v) is 7.18. The molecule has 0 aliphatic carbocycles. The predicted molar refractivity (Wildman–Crippen MR) is 109 cm³/mol. The molecule has 4 nitrogen and oxygen atoms in total. The number of hydrogen-bond donors (Lipinski definition) is 1. The fourth-order valence-electron chi connectivity index (χ4n) is 3.57. The molecule has 0 amide bonds. The number of aryl methyl sites for hydroxylation is 2. The monoisotopic (exact) mass is 362 g/mol. The standard InChI is InChI=1S/C21H22N4S/c1-14-7-10-16(11-8-14)25-20(18-12-9-15(2)24(18)3)19(23-21(25)26)17-6-4-5-13-22-17/h4-13,19-20H,1-3H3,(H,23,26)/t19-,20+/m0/s1. The lowest BCUT2D eigenvalue weighted by molar-refractivity contribution is 0.539. The van der Waals surface area contributed by atoms with Gasteiger partial charge in [-0.25, -0.2) is 0 Å². The molecule has 132 valence electrons. The topological polar surface area (TPSA) is 33.1 Å². The molecular formula is C21H22N4S. The van der Waals surface area contributed by atoms with Gasteiger partial charge in [-0.1, -0.05) is 23.8 Å². The van der Waals surface area contributed by atoms with E-state index in [1.54, 1.807) is 0 Å². The molecular weight excluding hydrogens is 340 g/mol. The van der Waals surface area contributed by atoms with Gasteiger partial charge in [0.15, 0.2) is 5.11 Å². The lowest BCUT2D eigenvalue weighted by atomic mass is 10.0. The van der Waals surface area contributed by atoms with E-state index in [1.165, 1.54) is 17.0 Å². The van der Waals surface area contributed by atoms with Crippen molar-refractivity contribution in [3.63, 3.8) is 0 Å². The van der Waals surface area contributed by atoms with Gasteiger partial charge in [-0.2, -0.15) is 0 Å². The summed E-state index contributed by atoms with van der Waals surface area (Å²) in [5.74, 6) is 0. The first-order valence-electron chi connectivity index (χ1n) is 8.76. The van der Waals surface area contributed by atoms with E-state index in [9.17, 15) is 0 Å². The minimum absolute atomic E-state index is 0.00185. The Bertz CT molecular complexity index is 930. The van der Waals surface area contributed by atoms with E-state index in [0.717, 1.165) is 16.5 Å². The summed E-state index contributed by atoms with van der Waals surface area (Å²) in [7, 11) is 2.11. The molecule has 0 radical (unpaired) electrons. The highest BCUT2D eigenvalue weighted by molar-refractivity contribution is 7.80. The van der Waals surface area contributed by atoms with Crippen LogP contribution in [0.1, 0.15) is 34.7 Å². The van der Waals surface area contributed by atoms with Gasteiger partial charge in [0.05, 0.1) is 11.7 Å². The van der Waals surface area contributed by atoms with Gasteiger partial charge in [0.2, 0.25) is 0 Å². The lowest BCUT2D eigenvalue weighted by Crippen LogP contribution is -2.30. The summed E-state index contributed by atoms with van der Waals surface area (Å²) in [6.07, 6.45) is 1.84. The maximum Gasteiger partial charge on any atom is 0.174 e. The van der Waals surface area contributed by atoms with E-state index < -0.39 is 0 Å². The van der Waals surface area contributed by atoms with E-state index in [4.69, 9.17) is 12.2 Å². The number of thiocarbonyl (C=S) groups is 1. The van der Waals surface area contributed by atoms with Crippen LogP contribution in [-0.4, -0.2) is 14.7 Å². The summed E-state index contributed by atoms with van der Waals surface area (Å²) in [6, 6.07) is 18.9. The van der Waals surface area contributed by atoms with Crippen molar-refractivity contribution in [2.75, 3.05) is 4.90 Å². The van der Waals surface area contributed by atoms with E-state index in [2.05, 4.69) is 83.1 Å². The van der Waals surface area contributed by atoms with Crippen molar-refractivity contribution in [3.05, 3.63) is 83.4 Å². The van der Waals surface area contributed by atoms with Crippen molar-refractivity contribution >= 4 is 23.0 Å². The average Bonchev–Trinajstić information content (AvgIpc) is 3.16. The summed E-state index contributed by atoms with van der Waals surface area (Å²) >= 11 is 5.74. The molecule has 0 bridgehead atoms. The van der Waals surface area contributed by atoms with Crippen molar-refractivity contribution < 1.29 is 0 Å². The largest absolute Gasteiger partial charge is 0.351 e. The van der Waals surface area contributed by atoms with Crippen LogP contribution < -0.4 is 10.2 Å². The summed E-state index contributed by atoms with van der Waals surface area (Å²) in [4.78, 5) is 6.80. The van der Waals surface area contributed by atoms with E-state index in [-0.39, 0.29) is 12.1 Å². The molecule has 2 aromatic heterocycles. The highest BCUT2D eigenvalue weighted by Gasteiger charge is 2.41. The van der Waals surface area contributed by atoms with Gasteiger partial charge in [0.1, 0.15) is 6.04 Å². The molecule has 3 aromatic rings. The van der Waals surface area contributed by atoms with E-state index in [1.807, 2.05) is 18.3 Å². The number of anilines is 1. The number of hydrogen-bond acceptors (Lipinski definition) is 2. The minimum atomic E-state index is -0.00185. The first-order valence-corrected chi connectivity index (χ1v) is 9.16. The van der Waals surface area contributed by atoms with Crippen molar-refractivity contribution in [2.24, 2.45) is 7.05 Å². The molecule has 1 N–H and O–H groups in total. The Morgan fingerprint density at radius 2 is 1.77 bits per heavy atom. The van der Waals surface area contributed by atoms with Crippen molar-refractivity contribution in [1.82, 2.24) is 14.9 Å². The quantitative estimate of drug-likeness (QED) is 0.708. The maximum atomic E-state index is 5.74. The molecule has 0 saturated carbocycles. The summed E-state index contributed by atoms with van der Waals surface area (Å²) in [6.45, 7) is 4.22. The molecule has 1 aliphatic heterocycles. The zero-order valence-electron chi connectivity index (χ0n) is 15.2. The van der Waals surface area contributed by atoms with Gasteiger partial charge in [0, 0.05) is 30.3 Å². The van der Waals surface area contributed by atoms with Gasteiger partial charge >= 0.3 is 0 Å². The molecule has 1 aromatic carbocycles. The van der Waals surface area contributed by atoms with Crippen molar-refractivity contribution in [3.8, 4) is 0 Å². The third kappa shape index (κ3) is 2.78. The fourth-order valence-corrected chi connectivity index (χ4v) is 3.91. The molecule has 5 heteroatoms. The summed E-state index contributed by atoms with van der Waals surface area (Å²) in [5, 5.41) is 4.23. The number of rotatable bonds is 3. The Morgan fingerprint density at radius 3 is 2.38 bits per heavy atom. The van der Waals surface area contributed by atoms with Crippen molar-refractivity contribution in [1.29, 1.82) is 0 Å². The normalized spacial score (nSPS) is 19.7. The zero-order chi connectivity index (χ0) is 18.3. The Balaban J connectivity index is 1.85. The average molecular weight is 363 g/mol. The fraction of sp³-hybridized carbons (Fsp3) is 0.238. The van der Waals surface area contributed by atoms with Crippen LogP contribution in [0.3, 0.4) is 0 Å². The van der Waals surface area contributed by atoms with E-state index in [0.29, 0.717) is 0 Å². The zero-order valence-corrected chi connectivity index (χ0v) is 16.0. The smallest absolute Gasteiger partial charge is 0.174 e. The first kappa shape index (κ1) is 16.8. The highest BCUT2D eigenvalue weighted by Crippen LogP contribution is 2.41. The second-order valence-electron chi connectivity index (χ2n) is 6.79. The first-order chi connectivity index (χ1) is 12.6. The van der Waals surface area contributed by atoms with Gasteiger partial charge in [-0.15, -0.1) is 0 Å². The summed E-state index contributed by atoms with van der Waals surface area (Å²) in [5.41, 5.74) is 5.76. The molecule has 2 atom stereocenters. The molecule has 1 saturated heterocycles.